The molecule has 1 aromatic heterocycles. The van der Waals surface area contributed by atoms with Gasteiger partial charge in [0.25, 0.3) is 0 Å². The molecule has 28 heavy (non-hydrogen) atoms. The van der Waals surface area contributed by atoms with Crippen LogP contribution in [0.25, 0.3) is 21.8 Å². The number of nitrogens with zero attached hydrogens (tertiary/aromatic N) is 1. The van der Waals surface area contributed by atoms with Crippen molar-refractivity contribution in [2.75, 3.05) is 0 Å². The van der Waals surface area contributed by atoms with E-state index in [2.05, 4.69) is 13.8 Å². The number of aromatic hydroxyl groups is 1. The Kier molecular flexibility index (Phi) is 4.30. The standard InChI is InChI=1S/C23H21FN2O2/c1-13(2)15-10-19-22(20(27)11-15)21-17(23(25)28)7-4-8-18(21)26(19)12-14-5-3-6-16(24)9-14/h3-11,13,27H,12H2,1-2H3,(H2,25,28). The molecule has 0 aliphatic rings. The first-order chi connectivity index (χ1) is 13.4. The molecule has 4 nitrogen and oxygen atoms in total. The fourth-order valence-electron chi connectivity index (χ4n) is 3.79. The van der Waals surface area contributed by atoms with Crippen LogP contribution in [0.15, 0.2) is 54.6 Å². The van der Waals surface area contributed by atoms with Gasteiger partial charge in [-0.1, -0.05) is 32.0 Å². The zero-order valence-electron chi connectivity index (χ0n) is 15.7. The molecule has 0 spiro atoms. The molecule has 1 amide bonds. The van der Waals surface area contributed by atoms with Crippen LogP contribution in [0.4, 0.5) is 4.39 Å². The van der Waals surface area contributed by atoms with E-state index in [9.17, 15) is 14.3 Å². The van der Waals surface area contributed by atoms with Crippen molar-refractivity contribution < 1.29 is 14.3 Å². The lowest BCUT2D eigenvalue weighted by molar-refractivity contribution is 0.100. The van der Waals surface area contributed by atoms with Gasteiger partial charge in [0, 0.05) is 17.5 Å². The number of primary amides is 1. The summed E-state index contributed by atoms with van der Waals surface area (Å²) in [5, 5.41) is 12.0. The Balaban J connectivity index is 2.11. The van der Waals surface area contributed by atoms with E-state index in [1.54, 1.807) is 24.3 Å². The summed E-state index contributed by atoms with van der Waals surface area (Å²) in [4.78, 5) is 12.0. The number of carbonyl (C=O) groups is 1. The highest BCUT2D eigenvalue weighted by Gasteiger charge is 2.20. The second-order valence-corrected chi connectivity index (χ2v) is 7.37. The highest BCUT2D eigenvalue weighted by Crippen LogP contribution is 2.39. The highest BCUT2D eigenvalue weighted by atomic mass is 19.1. The number of nitrogens with two attached hydrogens (primary N) is 1. The number of halogens is 1. The van der Waals surface area contributed by atoms with Crippen LogP contribution in [0.5, 0.6) is 5.75 Å². The summed E-state index contributed by atoms with van der Waals surface area (Å²) < 4.78 is 15.7. The monoisotopic (exact) mass is 376 g/mol. The Morgan fingerprint density at radius 1 is 1.07 bits per heavy atom. The van der Waals surface area contributed by atoms with E-state index in [0.717, 1.165) is 22.2 Å². The summed E-state index contributed by atoms with van der Waals surface area (Å²) in [6.07, 6.45) is 0. The van der Waals surface area contributed by atoms with Gasteiger partial charge in [-0.3, -0.25) is 4.79 Å². The molecule has 1 heterocycles. The molecule has 0 aliphatic carbocycles. The minimum Gasteiger partial charge on any atom is -0.507 e. The average Bonchev–Trinajstić information content (AvgIpc) is 2.96. The summed E-state index contributed by atoms with van der Waals surface area (Å²) in [5.41, 5.74) is 9.28. The molecule has 4 aromatic rings. The van der Waals surface area contributed by atoms with Crippen molar-refractivity contribution in [1.29, 1.82) is 0 Å². The number of hydrogen-bond acceptors (Lipinski definition) is 2. The quantitative estimate of drug-likeness (QED) is 0.531. The molecular weight excluding hydrogens is 355 g/mol. The van der Waals surface area contributed by atoms with Gasteiger partial charge in [0.2, 0.25) is 5.91 Å². The van der Waals surface area contributed by atoms with Crippen LogP contribution in [0, 0.1) is 5.82 Å². The van der Waals surface area contributed by atoms with Crippen molar-refractivity contribution in [3.05, 3.63) is 77.1 Å². The fourth-order valence-corrected chi connectivity index (χ4v) is 3.79. The molecule has 0 atom stereocenters. The summed E-state index contributed by atoms with van der Waals surface area (Å²) in [6, 6.07) is 15.5. The van der Waals surface area contributed by atoms with E-state index >= 15 is 0 Å². The Morgan fingerprint density at radius 2 is 1.82 bits per heavy atom. The van der Waals surface area contributed by atoms with Gasteiger partial charge in [-0.05, 0) is 53.4 Å². The summed E-state index contributed by atoms with van der Waals surface area (Å²) in [6.45, 7) is 4.50. The van der Waals surface area contributed by atoms with Crippen LogP contribution in [0.3, 0.4) is 0 Å². The Bertz CT molecular complexity index is 1220. The minimum absolute atomic E-state index is 0.109. The van der Waals surface area contributed by atoms with Crippen LogP contribution in [0.1, 0.15) is 41.3 Å². The molecule has 0 unspecified atom stereocenters. The number of rotatable bonds is 4. The zero-order valence-corrected chi connectivity index (χ0v) is 15.7. The van der Waals surface area contributed by atoms with Gasteiger partial charge in [-0.2, -0.15) is 0 Å². The number of carbonyl (C=O) groups excluding carboxylic acids is 1. The van der Waals surface area contributed by atoms with E-state index in [0.29, 0.717) is 22.9 Å². The first-order valence-corrected chi connectivity index (χ1v) is 9.19. The number of benzene rings is 3. The number of fused-ring (bicyclic) bond motifs is 3. The van der Waals surface area contributed by atoms with Gasteiger partial charge < -0.3 is 15.4 Å². The maximum absolute atomic E-state index is 13.7. The molecule has 0 aliphatic heterocycles. The fraction of sp³-hybridized carbons (Fsp3) is 0.174. The van der Waals surface area contributed by atoms with Crippen LogP contribution in [0.2, 0.25) is 0 Å². The molecule has 3 N–H and O–H groups in total. The molecule has 0 radical (unpaired) electrons. The summed E-state index contributed by atoms with van der Waals surface area (Å²) in [5.74, 6) is -0.533. The third kappa shape index (κ3) is 2.89. The van der Waals surface area contributed by atoms with Crippen molar-refractivity contribution >= 4 is 27.7 Å². The predicted molar refractivity (Wildman–Crippen MR) is 109 cm³/mol. The van der Waals surface area contributed by atoms with Gasteiger partial charge in [0.15, 0.2) is 0 Å². The first kappa shape index (κ1) is 18.0. The van der Waals surface area contributed by atoms with Gasteiger partial charge in [0.1, 0.15) is 11.6 Å². The first-order valence-electron chi connectivity index (χ1n) is 9.19. The smallest absolute Gasteiger partial charge is 0.249 e. The Hall–Kier alpha value is -3.34. The van der Waals surface area contributed by atoms with Gasteiger partial charge >= 0.3 is 0 Å². The molecule has 4 rings (SSSR count). The normalized spacial score (nSPS) is 11.6. The van der Waals surface area contributed by atoms with Gasteiger partial charge in [-0.15, -0.1) is 0 Å². The molecule has 5 heteroatoms. The van der Waals surface area contributed by atoms with Crippen molar-refractivity contribution in [1.82, 2.24) is 4.57 Å². The number of phenols is 1. The Morgan fingerprint density at radius 3 is 2.50 bits per heavy atom. The third-order valence-electron chi connectivity index (χ3n) is 5.15. The second kappa shape index (κ2) is 6.68. The van der Waals surface area contributed by atoms with Crippen LogP contribution in [-0.4, -0.2) is 15.6 Å². The molecule has 0 saturated carbocycles. The molecular formula is C23H21FN2O2. The van der Waals surface area contributed by atoms with Crippen molar-refractivity contribution in [2.24, 2.45) is 5.73 Å². The van der Waals surface area contributed by atoms with E-state index in [4.69, 9.17) is 5.73 Å². The van der Waals surface area contributed by atoms with Crippen molar-refractivity contribution in [3.8, 4) is 5.75 Å². The predicted octanol–water partition coefficient (Wildman–Crippen LogP) is 4.91. The topological polar surface area (TPSA) is 68.2 Å². The molecule has 0 bridgehead atoms. The van der Waals surface area contributed by atoms with Crippen LogP contribution in [-0.2, 0) is 6.54 Å². The maximum Gasteiger partial charge on any atom is 0.249 e. The molecule has 0 saturated heterocycles. The Labute approximate surface area is 162 Å². The summed E-state index contributed by atoms with van der Waals surface area (Å²) in [7, 11) is 0. The van der Waals surface area contributed by atoms with Gasteiger partial charge in [0.05, 0.1) is 16.4 Å². The van der Waals surface area contributed by atoms with Crippen LogP contribution >= 0.6 is 0 Å². The molecule has 3 aromatic carbocycles. The largest absolute Gasteiger partial charge is 0.507 e. The van der Waals surface area contributed by atoms with Crippen molar-refractivity contribution in [3.63, 3.8) is 0 Å². The molecule has 0 fully saturated rings. The number of aromatic nitrogens is 1. The van der Waals surface area contributed by atoms with E-state index < -0.39 is 5.91 Å². The highest BCUT2D eigenvalue weighted by molar-refractivity contribution is 6.19. The lowest BCUT2D eigenvalue weighted by atomic mass is 9.99. The second-order valence-electron chi connectivity index (χ2n) is 7.37. The SMILES string of the molecule is CC(C)c1cc(O)c2c3c(C(N)=O)cccc3n(Cc3cccc(F)c3)c2c1. The van der Waals surface area contributed by atoms with E-state index in [1.807, 2.05) is 22.8 Å². The number of phenolic OH excluding ortho intramolecular Hbond substituents is 1. The zero-order chi connectivity index (χ0) is 20.0. The van der Waals surface area contributed by atoms with E-state index in [1.165, 1.54) is 12.1 Å². The molecule has 142 valence electrons. The third-order valence-corrected chi connectivity index (χ3v) is 5.15. The minimum atomic E-state index is -0.553. The lowest BCUT2D eigenvalue weighted by Gasteiger charge is -2.11. The van der Waals surface area contributed by atoms with E-state index in [-0.39, 0.29) is 17.5 Å². The number of hydrogen-bond donors (Lipinski definition) is 2. The number of amides is 1. The van der Waals surface area contributed by atoms with Gasteiger partial charge in [-0.25, -0.2) is 4.39 Å². The average molecular weight is 376 g/mol. The maximum atomic E-state index is 13.7. The van der Waals surface area contributed by atoms with Crippen molar-refractivity contribution in [2.45, 2.75) is 26.3 Å². The lowest BCUT2D eigenvalue weighted by Crippen LogP contribution is -2.11. The van der Waals surface area contributed by atoms with Crippen LogP contribution < -0.4 is 5.73 Å². The summed E-state index contributed by atoms with van der Waals surface area (Å²) >= 11 is 0.